The molecule has 1 heterocycles. The number of carbonyl (C=O) groups excluding carboxylic acids is 1. The van der Waals surface area contributed by atoms with Gasteiger partial charge in [0.25, 0.3) is 0 Å². The first kappa shape index (κ1) is 5.81. The zero-order valence-electron chi connectivity index (χ0n) is 4.46. The van der Waals surface area contributed by atoms with E-state index >= 15 is 0 Å². The minimum absolute atomic E-state index is 0.0139. The third-order valence-electron chi connectivity index (χ3n) is 0.942. The molecule has 0 aromatic rings. The number of hydrogen-bond acceptors (Lipinski definition) is 3. The molecule has 0 aromatic carbocycles. The molecule has 4 heteroatoms. The summed E-state index contributed by atoms with van der Waals surface area (Å²) >= 11 is 0. The van der Waals surface area contributed by atoms with Crippen LogP contribution < -0.4 is 0 Å². The van der Waals surface area contributed by atoms with Crippen LogP contribution in [0.15, 0.2) is 11.8 Å². The van der Waals surface area contributed by atoms with Gasteiger partial charge in [-0.25, -0.2) is 4.79 Å². The van der Waals surface area contributed by atoms with E-state index in [0.29, 0.717) is 0 Å². The molecule has 1 aliphatic heterocycles. The molecule has 48 valence electrons. The van der Waals surface area contributed by atoms with Gasteiger partial charge in [0.05, 0.1) is 12.0 Å². The first-order valence-corrected chi connectivity index (χ1v) is 2.32. The van der Waals surface area contributed by atoms with Crippen LogP contribution in [0, 0.1) is 0 Å². The highest BCUT2D eigenvalue weighted by molar-refractivity contribution is 5.94. The zero-order chi connectivity index (χ0) is 6.85. The first-order valence-electron chi connectivity index (χ1n) is 2.32. The Morgan fingerprint density at radius 2 is 2.44 bits per heavy atom. The summed E-state index contributed by atoms with van der Waals surface area (Å²) in [4.78, 5) is 20.3. The molecule has 1 rings (SSSR count). The number of carboxylic acids is 1. The lowest BCUT2D eigenvalue weighted by atomic mass is 10.2. The van der Waals surface area contributed by atoms with E-state index in [-0.39, 0.29) is 12.0 Å². The maximum Gasteiger partial charge on any atom is 0.335 e. The highest BCUT2D eigenvalue weighted by atomic mass is 16.5. The standard InChI is InChI=1S/C5H4O4/c6-4-1-3(2-9-4)5(7)8/h2H,1H2,(H,7,8). The van der Waals surface area contributed by atoms with Crippen LogP contribution in [-0.4, -0.2) is 17.0 Å². The minimum atomic E-state index is -1.10. The van der Waals surface area contributed by atoms with E-state index in [4.69, 9.17) is 5.11 Å². The van der Waals surface area contributed by atoms with Gasteiger partial charge >= 0.3 is 11.9 Å². The summed E-state index contributed by atoms with van der Waals surface area (Å²) in [6, 6.07) is 0. The van der Waals surface area contributed by atoms with Crippen molar-refractivity contribution in [3.05, 3.63) is 11.8 Å². The minimum Gasteiger partial charge on any atom is -0.478 e. The number of carboxylic acid groups (broad SMARTS) is 1. The molecule has 0 fully saturated rings. The molecule has 0 aliphatic carbocycles. The summed E-state index contributed by atoms with van der Waals surface area (Å²) in [6.45, 7) is 0. The second-order valence-corrected chi connectivity index (χ2v) is 1.61. The first-order chi connectivity index (χ1) is 4.20. The monoisotopic (exact) mass is 128 g/mol. The topological polar surface area (TPSA) is 63.6 Å². The molecule has 1 aliphatic rings. The zero-order valence-corrected chi connectivity index (χ0v) is 4.46. The number of cyclic esters (lactones) is 1. The van der Waals surface area contributed by atoms with Crippen molar-refractivity contribution in [2.75, 3.05) is 0 Å². The molecular weight excluding hydrogens is 124 g/mol. The molecule has 1 N–H and O–H groups in total. The Labute approximate surface area is 50.7 Å². The van der Waals surface area contributed by atoms with Crippen molar-refractivity contribution in [2.24, 2.45) is 0 Å². The smallest absolute Gasteiger partial charge is 0.335 e. The fourth-order valence-electron chi connectivity index (χ4n) is 0.502. The highest BCUT2D eigenvalue weighted by Gasteiger charge is 2.19. The Morgan fingerprint density at radius 3 is 2.67 bits per heavy atom. The SMILES string of the molecule is O=C1CC(C(=O)O)=CO1. The molecule has 0 saturated carbocycles. The van der Waals surface area contributed by atoms with Crippen molar-refractivity contribution < 1.29 is 19.4 Å². The predicted molar refractivity (Wildman–Crippen MR) is 26.4 cm³/mol. The van der Waals surface area contributed by atoms with Crippen molar-refractivity contribution in [3.63, 3.8) is 0 Å². The summed E-state index contributed by atoms with van der Waals surface area (Å²) in [7, 11) is 0. The second-order valence-electron chi connectivity index (χ2n) is 1.61. The molecule has 0 amide bonds. The van der Waals surface area contributed by atoms with Gasteiger partial charge in [-0.3, -0.25) is 4.79 Å². The molecule has 0 radical (unpaired) electrons. The summed E-state index contributed by atoms with van der Waals surface area (Å²) in [6.07, 6.45) is 0.847. The number of hydrogen-bond donors (Lipinski definition) is 1. The molecule has 0 saturated heterocycles. The van der Waals surface area contributed by atoms with Gasteiger partial charge in [-0.1, -0.05) is 0 Å². The van der Waals surface area contributed by atoms with Gasteiger partial charge in [0.1, 0.15) is 6.26 Å². The molecule has 0 atom stereocenters. The fraction of sp³-hybridized carbons (Fsp3) is 0.200. The van der Waals surface area contributed by atoms with Gasteiger partial charge < -0.3 is 9.84 Å². The molecular formula is C5H4O4. The van der Waals surface area contributed by atoms with Gasteiger partial charge in [-0.05, 0) is 0 Å². The van der Waals surface area contributed by atoms with Crippen molar-refractivity contribution in [2.45, 2.75) is 6.42 Å². The van der Waals surface area contributed by atoms with Crippen molar-refractivity contribution in [1.29, 1.82) is 0 Å². The number of aliphatic carboxylic acids is 1. The molecule has 9 heavy (non-hydrogen) atoms. The van der Waals surface area contributed by atoms with Crippen LogP contribution >= 0.6 is 0 Å². The van der Waals surface area contributed by atoms with Gasteiger partial charge in [0.15, 0.2) is 0 Å². The van der Waals surface area contributed by atoms with Crippen LogP contribution in [0.2, 0.25) is 0 Å². The van der Waals surface area contributed by atoms with Crippen LogP contribution in [-0.2, 0) is 14.3 Å². The van der Waals surface area contributed by atoms with Crippen LogP contribution in [0.4, 0.5) is 0 Å². The van der Waals surface area contributed by atoms with E-state index in [2.05, 4.69) is 4.74 Å². The molecule has 0 bridgehead atoms. The van der Waals surface area contributed by atoms with E-state index in [1.165, 1.54) is 0 Å². The number of carbonyl (C=O) groups is 2. The average Bonchev–Trinajstić information content (AvgIpc) is 2.14. The molecule has 0 aromatic heterocycles. The Hall–Kier alpha value is -1.32. The highest BCUT2D eigenvalue weighted by Crippen LogP contribution is 2.10. The van der Waals surface area contributed by atoms with Gasteiger partial charge in [0, 0.05) is 0 Å². The number of esters is 1. The summed E-state index contributed by atoms with van der Waals surface area (Å²) < 4.78 is 4.24. The second kappa shape index (κ2) is 1.89. The van der Waals surface area contributed by atoms with Crippen LogP contribution in [0.5, 0.6) is 0 Å². The van der Waals surface area contributed by atoms with Crippen LogP contribution in [0.3, 0.4) is 0 Å². The summed E-state index contributed by atoms with van der Waals surface area (Å²) in [5.74, 6) is -1.60. The maximum atomic E-state index is 10.2. The van der Waals surface area contributed by atoms with E-state index in [1.807, 2.05) is 0 Å². The third kappa shape index (κ3) is 1.07. The maximum absolute atomic E-state index is 10.2. The Kier molecular flexibility index (Phi) is 1.22. The van der Waals surface area contributed by atoms with Crippen LogP contribution in [0.25, 0.3) is 0 Å². The molecule has 4 nitrogen and oxygen atoms in total. The van der Waals surface area contributed by atoms with Gasteiger partial charge in [-0.15, -0.1) is 0 Å². The van der Waals surface area contributed by atoms with E-state index in [9.17, 15) is 9.59 Å². The molecule has 0 unspecified atom stereocenters. The van der Waals surface area contributed by atoms with Crippen molar-refractivity contribution in [3.8, 4) is 0 Å². The molecule has 0 spiro atoms. The van der Waals surface area contributed by atoms with Crippen molar-refractivity contribution >= 4 is 11.9 Å². The number of ether oxygens (including phenoxy) is 1. The van der Waals surface area contributed by atoms with Gasteiger partial charge in [0.2, 0.25) is 0 Å². The van der Waals surface area contributed by atoms with E-state index in [1.54, 1.807) is 0 Å². The quantitative estimate of drug-likeness (QED) is 0.501. The lowest BCUT2D eigenvalue weighted by Gasteiger charge is -1.83. The average molecular weight is 128 g/mol. The Morgan fingerprint density at radius 1 is 1.78 bits per heavy atom. The summed E-state index contributed by atoms with van der Waals surface area (Å²) in [5, 5.41) is 8.23. The summed E-state index contributed by atoms with van der Waals surface area (Å²) in [5.41, 5.74) is 0.0139. The Balaban J connectivity index is 2.65. The number of rotatable bonds is 1. The van der Waals surface area contributed by atoms with Crippen molar-refractivity contribution in [1.82, 2.24) is 0 Å². The van der Waals surface area contributed by atoms with E-state index < -0.39 is 11.9 Å². The Bertz CT molecular complexity index is 191. The lowest BCUT2D eigenvalue weighted by Crippen LogP contribution is -1.99. The fourth-order valence-corrected chi connectivity index (χ4v) is 0.502. The lowest BCUT2D eigenvalue weighted by molar-refractivity contribution is -0.137. The van der Waals surface area contributed by atoms with E-state index in [0.717, 1.165) is 6.26 Å². The van der Waals surface area contributed by atoms with Gasteiger partial charge in [-0.2, -0.15) is 0 Å². The third-order valence-corrected chi connectivity index (χ3v) is 0.942. The normalized spacial score (nSPS) is 16.9. The largest absolute Gasteiger partial charge is 0.478 e. The van der Waals surface area contributed by atoms with Crippen LogP contribution in [0.1, 0.15) is 6.42 Å². The predicted octanol–water partition coefficient (Wildman–Crippen LogP) is -0.0982.